The number of hydrogen-bond acceptors (Lipinski definition) is 5. The van der Waals surface area contributed by atoms with Gasteiger partial charge in [-0.05, 0) is 80.3 Å². The lowest BCUT2D eigenvalue weighted by Gasteiger charge is -2.34. The minimum atomic E-state index is -4.16. The summed E-state index contributed by atoms with van der Waals surface area (Å²) >= 11 is 12.4. The summed E-state index contributed by atoms with van der Waals surface area (Å²) in [7, 11) is -4.16. The average Bonchev–Trinajstić information content (AvgIpc) is 3.03. The number of anilines is 1. The van der Waals surface area contributed by atoms with E-state index >= 15 is 0 Å². The van der Waals surface area contributed by atoms with Crippen molar-refractivity contribution in [2.45, 2.75) is 75.9 Å². The van der Waals surface area contributed by atoms with Crippen LogP contribution in [0.5, 0.6) is 5.75 Å². The number of amides is 2. The second-order valence-corrected chi connectivity index (χ2v) is 13.5. The summed E-state index contributed by atoms with van der Waals surface area (Å²) in [6.07, 6.45) is 5.35. The minimum Gasteiger partial charge on any atom is -0.494 e. The van der Waals surface area contributed by atoms with Crippen molar-refractivity contribution in [2.24, 2.45) is 0 Å². The standard InChI is InChI=1S/C33H39Cl2N3O5S/c1-3-31(33(40)36-25-11-7-5-8-12-25)37(22-24-15-20-29(34)30(35)21-24)32(39)23-38(26-16-18-27(19-17-26)43-4-2)44(41,42)28-13-9-6-10-14-28/h6,9-10,13-21,25,31H,3-5,7-8,11-12,22-23H2,1-2H3,(H,36,40). The molecule has 1 atom stereocenters. The molecule has 2 amide bonds. The Morgan fingerprint density at radius 1 is 0.932 bits per heavy atom. The van der Waals surface area contributed by atoms with Crippen LogP contribution in [0, 0.1) is 0 Å². The third-order valence-electron chi connectivity index (χ3n) is 7.72. The normalized spacial score (nSPS) is 14.5. The monoisotopic (exact) mass is 659 g/mol. The van der Waals surface area contributed by atoms with Gasteiger partial charge in [0.05, 0.1) is 27.2 Å². The molecule has 0 saturated heterocycles. The lowest BCUT2D eigenvalue weighted by molar-refractivity contribution is -0.140. The average molecular weight is 661 g/mol. The number of ether oxygens (including phenoxy) is 1. The van der Waals surface area contributed by atoms with Gasteiger partial charge in [-0.3, -0.25) is 13.9 Å². The topological polar surface area (TPSA) is 96.0 Å². The van der Waals surface area contributed by atoms with Crippen LogP contribution in [0.3, 0.4) is 0 Å². The fourth-order valence-electron chi connectivity index (χ4n) is 5.42. The Morgan fingerprint density at radius 3 is 2.23 bits per heavy atom. The number of benzene rings is 3. The molecule has 1 N–H and O–H groups in total. The third kappa shape index (κ3) is 8.46. The largest absolute Gasteiger partial charge is 0.494 e. The van der Waals surface area contributed by atoms with E-state index in [9.17, 15) is 18.0 Å². The Kier molecular flexibility index (Phi) is 11.9. The van der Waals surface area contributed by atoms with Crippen molar-refractivity contribution in [2.75, 3.05) is 17.5 Å². The van der Waals surface area contributed by atoms with Crippen LogP contribution in [0.15, 0.2) is 77.7 Å². The Balaban J connectivity index is 1.71. The van der Waals surface area contributed by atoms with Gasteiger partial charge in [0.1, 0.15) is 18.3 Å². The molecule has 44 heavy (non-hydrogen) atoms. The minimum absolute atomic E-state index is 0.0365. The van der Waals surface area contributed by atoms with E-state index in [-0.39, 0.29) is 23.4 Å². The summed E-state index contributed by atoms with van der Waals surface area (Å²) in [5.41, 5.74) is 0.954. The molecule has 236 valence electrons. The number of hydrogen-bond donors (Lipinski definition) is 1. The van der Waals surface area contributed by atoms with Gasteiger partial charge in [0.15, 0.2) is 0 Å². The van der Waals surface area contributed by atoms with Gasteiger partial charge < -0.3 is 15.0 Å². The van der Waals surface area contributed by atoms with Crippen molar-refractivity contribution < 1.29 is 22.7 Å². The van der Waals surface area contributed by atoms with Crippen LogP contribution in [0.4, 0.5) is 5.69 Å². The molecular formula is C33H39Cl2N3O5S. The van der Waals surface area contributed by atoms with E-state index in [1.54, 1.807) is 60.7 Å². The highest BCUT2D eigenvalue weighted by molar-refractivity contribution is 7.92. The molecule has 4 rings (SSSR count). The fourth-order valence-corrected chi connectivity index (χ4v) is 7.18. The number of halogens is 2. The van der Waals surface area contributed by atoms with E-state index in [1.807, 2.05) is 13.8 Å². The number of carbonyl (C=O) groups excluding carboxylic acids is 2. The van der Waals surface area contributed by atoms with Gasteiger partial charge in [-0.15, -0.1) is 0 Å². The molecule has 0 spiro atoms. The van der Waals surface area contributed by atoms with Crippen LogP contribution in [-0.4, -0.2) is 50.4 Å². The number of rotatable bonds is 13. The molecule has 3 aromatic rings. The van der Waals surface area contributed by atoms with E-state index in [1.165, 1.54) is 17.0 Å². The molecule has 0 heterocycles. The van der Waals surface area contributed by atoms with E-state index in [4.69, 9.17) is 27.9 Å². The zero-order valence-corrected chi connectivity index (χ0v) is 27.4. The van der Waals surface area contributed by atoms with Gasteiger partial charge in [-0.2, -0.15) is 0 Å². The van der Waals surface area contributed by atoms with E-state index in [2.05, 4.69) is 5.32 Å². The first-order valence-corrected chi connectivity index (χ1v) is 17.2. The second kappa shape index (κ2) is 15.6. The lowest BCUT2D eigenvalue weighted by Crippen LogP contribution is -2.54. The quantitative estimate of drug-likeness (QED) is 0.217. The summed E-state index contributed by atoms with van der Waals surface area (Å²) in [6.45, 7) is 3.66. The molecule has 1 aliphatic rings. The zero-order chi connectivity index (χ0) is 31.7. The van der Waals surface area contributed by atoms with Gasteiger partial charge in [0.2, 0.25) is 11.8 Å². The predicted octanol–water partition coefficient (Wildman–Crippen LogP) is 6.84. The maximum absolute atomic E-state index is 14.3. The van der Waals surface area contributed by atoms with Crippen LogP contribution in [-0.2, 0) is 26.2 Å². The summed E-state index contributed by atoms with van der Waals surface area (Å²) in [6, 6.07) is 18.7. The van der Waals surface area contributed by atoms with E-state index in [0.717, 1.165) is 36.4 Å². The molecular weight excluding hydrogens is 621 g/mol. The van der Waals surface area contributed by atoms with Crippen LogP contribution in [0.25, 0.3) is 0 Å². The molecule has 11 heteroatoms. The molecule has 0 bridgehead atoms. The molecule has 8 nitrogen and oxygen atoms in total. The Labute approximate surface area is 270 Å². The lowest BCUT2D eigenvalue weighted by atomic mass is 9.95. The van der Waals surface area contributed by atoms with Crippen LogP contribution in [0.1, 0.15) is 57.9 Å². The highest BCUT2D eigenvalue weighted by Gasteiger charge is 2.34. The van der Waals surface area contributed by atoms with E-state index < -0.39 is 28.5 Å². The van der Waals surface area contributed by atoms with Crippen molar-refractivity contribution in [3.63, 3.8) is 0 Å². The Hall–Kier alpha value is -3.27. The van der Waals surface area contributed by atoms with E-state index in [0.29, 0.717) is 40.1 Å². The molecule has 1 saturated carbocycles. The van der Waals surface area contributed by atoms with Crippen molar-refractivity contribution in [1.29, 1.82) is 0 Å². The smallest absolute Gasteiger partial charge is 0.264 e. The predicted molar refractivity (Wildman–Crippen MR) is 175 cm³/mol. The SMILES string of the molecule is CCOc1ccc(N(CC(=O)N(Cc2ccc(Cl)c(Cl)c2)C(CC)C(=O)NC2CCCCC2)S(=O)(=O)c2ccccc2)cc1. The highest BCUT2D eigenvalue weighted by atomic mass is 35.5. The molecule has 0 radical (unpaired) electrons. The van der Waals surface area contributed by atoms with Gasteiger partial charge in [0, 0.05) is 12.6 Å². The second-order valence-electron chi connectivity index (χ2n) is 10.8. The van der Waals surface area contributed by atoms with Gasteiger partial charge in [0.25, 0.3) is 10.0 Å². The van der Waals surface area contributed by atoms with Gasteiger partial charge >= 0.3 is 0 Å². The number of nitrogens with one attached hydrogen (secondary N) is 1. The van der Waals surface area contributed by atoms with Crippen molar-refractivity contribution in [3.05, 3.63) is 88.4 Å². The van der Waals surface area contributed by atoms with Crippen LogP contribution < -0.4 is 14.4 Å². The number of sulfonamides is 1. The molecule has 0 aromatic heterocycles. The van der Waals surface area contributed by atoms with Crippen LogP contribution >= 0.6 is 23.2 Å². The summed E-state index contributed by atoms with van der Waals surface area (Å²) in [5, 5.41) is 3.83. The Bertz CT molecular complexity index is 1510. The van der Waals surface area contributed by atoms with Crippen LogP contribution in [0.2, 0.25) is 10.0 Å². The first kappa shape index (κ1) is 33.6. The molecule has 1 unspecified atom stereocenters. The first-order chi connectivity index (χ1) is 21.1. The molecule has 0 aliphatic heterocycles. The van der Waals surface area contributed by atoms with Crippen molar-refractivity contribution in [1.82, 2.24) is 10.2 Å². The number of carbonyl (C=O) groups is 2. The molecule has 3 aromatic carbocycles. The fraction of sp³-hybridized carbons (Fsp3) is 0.394. The zero-order valence-electron chi connectivity index (χ0n) is 25.0. The van der Waals surface area contributed by atoms with Gasteiger partial charge in [-0.25, -0.2) is 8.42 Å². The number of nitrogens with zero attached hydrogens (tertiary/aromatic N) is 2. The summed E-state index contributed by atoms with van der Waals surface area (Å²) in [5.74, 6) is -0.215. The maximum Gasteiger partial charge on any atom is 0.264 e. The third-order valence-corrected chi connectivity index (χ3v) is 10.2. The first-order valence-electron chi connectivity index (χ1n) is 15.0. The molecule has 1 fully saturated rings. The Morgan fingerprint density at radius 2 is 1.61 bits per heavy atom. The van der Waals surface area contributed by atoms with Crippen molar-refractivity contribution in [3.8, 4) is 5.75 Å². The van der Waals surface area contributed by atoms with Crippen molar-refractivity contribution >= 4 is 50.7 Å². The summed E-state index contributed by atoms with van der Waals surface area (Å²) < 4.78 is 34.6. The maximum atomic E-state index is 14.3. The highest BCUT2D eigenvalue weighted by Crippen LogP contribution is 2.28. The molecule has 1 aliphatic carbocycles. The van der Waals surface area contributed by atoms with Gasteiger partial charge in [-0.1, -0.05) is 73.7 Å². The summed E-state index contributed by atoms with van der Waals surface area (Å²) in [4.78, 5) is 29.4.